The summed E-state index contributed by atoms with van der Waals surface area (Å²) in [5.74, 6) is 2.38. The van der Waals surface area contributed by atoms with Crippen LogP contribution >= 0.6 is 0 Å². The van der Waals surface area contributed by atoms with Crippen molar-refractivity contribution in [1.29, 1.82) is 0 Å². The molecule has 124 valence electrons. The summed E-state index contributed by atoms with van der Waals surface area (Å²) in [6.07, 6.45) is 2.99. The Morgan fingerprint density at radius 1 is 1.30 bits per heavy atom. The van der Waals surface area contributed by atoms with Gasteiger partial charge in [0, 0.05) is 6.54 Å². The highest BCUT2D eigenvalue weighted by molar-refractivity contribution is 5.42. The summed E-state index contributed by atoms with van der Waals surface area (Å²) in [7, 11) is 0. The second kappa shape index (κ2) is 6.22. The van der Waals surface area contributed by atoms with E-state index < -0.39 is 0 Å². The molecule has 3 heterocycles. The number of hydrogen-bond donors (Lipinski definition) is 0. The molecule has 0 saturated heterocycles. The van der Waals surface area contributed by atoms with Gasteiger partial charge in [-0.1, -0.05) is 20.8 Å². The Morgan fingerprint density at radius 3 is 2.78 bits per heavy atom. The maximum absolute atomic E-state index is 14.6. The summed E-state index contributed by atoms with van der Waals surface area (Å²) in [6.45, 7) is 9.48. The van der Waals surface area contributed by atoms with Crippen LogP contribution in [-0.4, -0.2) is 31.3 Å². The number of hydrogen-bond acceptors (Lipinski definition) is 5. The predicted molar refractivity (Wildman–Crippen MR) is 85.7 cm³/mol. The molecule has 2 aromatic rings. The van der Waals surface area contributed by atoms with E-state index in [1.165, 1.54) is 6.33 Å². The summed E-state index contributed by atoms with van der Waals surface area (Å²) in [4.78, 5) is 10.2. The van der Waals surface area contributed by atoms with E-state index in [-0.39, 0.29) is 11.9 Å². The van der Waals surface area contributed by atoms with Gasteiger partial charge in [0.1, 0.15) is 12.2 Å². The van der Waals surface area contributed by atoms with E-state index in [0.29, 0.717) is 36.9 Å². The monoisotopic (exact) mass is 318 g/mol. The lowest BCUT2D eigenvalue weighted by Gasteiger charge is -2.35. The lowest BCUT2D eigenvalue weighted by molar-refractivity contribution is 0.355. The maximum atomic E-state index is 14.6. The van der Waals surface area contributed by atoms with Crippen molar-refractivity contribution in [1.82, 2.24) is 24.7 Å². The molecule has 6 nitrogen and oxygen atoms in total. The molecule has 23 heavy (non-hydrogen) atoms. The maximum Gasteiger partial charge on any atom is 0.187 e. The van der Waals surface area contributed by atoms with Gasteiger partial charge in [-0.2, -0.15) is 0 Å². The van der Waals surface area contributed by atoms with Gasteiger partial charge in [0.2, 0.25) is 0 Å². The molecule has 0 N–H and O–H groups in total. The molecule has 0 saturated carbocycles. The second-order valence-corrected chi connectivity index (χ2v) is 6.51. The number of aryl methyl sites for hydroxylation is 2. The minimum Gasteiger partial charge on any atom is -0.344 e. The van der Waals surface area contributed by atoms with E-state index in [2.05, 4.69) is 38.6 Å². The van der Waals surface area contributed by atoms with Crippen LogP contribution in [0.1, 0.15) is 50.6 Å². The Balaban J connectivity index is 1.97. The highest BCUT2D eigenvalue weighted by Crippen LogP contribution is 2.30. The Labute approximate surface area is 135 Å². The summed E-state index contributed by atoms with van der Waals surface area (Å²) >= 11 is 0. The van der Waals surface area contributed by atoms with Crippen molar-refractivity contribution in [3.05, 3.63) is 29.5 Å². The molecule has 0 fully saturated rings. The van der Waals surface area contributed by atoms with Crippen molar-refractivity contribution in [3.8, 4) is 0 Å². The molecule has 2 aromatic heterocycles. The lowest BCUT2D eigenvalue weighted by atomic mass is 10.0. The van der Waals surface area contributed by atoms with E-state index in [0.717, 1.165) is 18.1 Å². The third kappa shape index (κ3) is 2.92. The molecule has 0 radical (unpaired) electrons. The average Bonchev–Trinajstić information content (AvgIpc) is 2.88. The Kier molecular flexibility index (Phi) is 4.28. The Bertz CT molecular complexity index is 696. The van der Waals surface area contributed by atoms with Crippen molar-refractivity contribution in [2.75, 3.05) is 11.4 Å². The van der Waals surface area contributed by atoms with E-state index >= 15 is 0 Å². The van der Waals surface area contributed by atoms with Gasteiger partial charge in [0.05, 0.1) is 18.3 Å². The van der Waals surface area contributed by atoms with E-state index in [1.54, 1.807) is 0 Å². The van der Waals surface area contributed by atoms with Crippen LogP contribution in [0.5, 0.6) is 0 Å². The number of rotatable bonds is 4. The normalized spacial score (nSPS) is 17.7. The molecule has 0 amide bonds. The Morgan fingerprint density at radius 2 is 2.09 bits per heavy atom. The molecular formula is C16H23FN6. The van der Waals surface area contributed by atoms with E-state index in [9.17, 15) is 4.39 Å². The van der Waals surface area contributed by atoms with Crippen LogP contribution in [0, 0.1) is 18.7 Å². The molecule has 3 rings (SSSR count). The highest BCUT2D eigenvalue weighted by atomic mass is 19.1. The summed E-state index contributed by atoms with van der Waals surface area (Å²) in [6, 6.07) is 0.230. The van der Waals surface area contributed by atoms with E-state index in [4.69, 9.17) is 0 Å². The number of aromatic nitrogens is 5. The molecule has 7 heteroatoms. The molecule has 0 aromatic carbocycles. The molecule has 0 spiro atoms. The SMILES string of the molecule is CCc1ncnc(N2Cc3nnc(C)n3[C@@H](CC(C)C)C2)c1F. The van der Waals surface area contributed by atoms with Gasteiger partial charge >= 0.3 is 0 Å². The number of halogens is 1. The summed E-state index contributed by atoms with van der Waals surface area (Å²) in [5.41, 5.74) is 0.457. The van der Waals surface area contributed by atoms with Crippen LogP contribution in [0.25, 0.3) is 0 Å². The Hall–Kier alpha value is -2.05. The van der Waals surface area contributed by atoms with Crippen LogP contribution < -0.4 is 4.90 Å². The fraction of sp³-hybridized carbons (Fsp3) is 0.625. The van der Waals surface area contributed by atoms with Crippen molar-refractivity contribution in [2.45, 2.75) is 53.1 Å². The smallest absolute Gasteiger partial charge is 0.187 e. The molecule has 1 atom stereocenters. The first-order valence-corrected chi connectivity index (χ1v) is 8.15. The average molecular weight is 318 g/mol. The molecule has 1 aliphatic rings. The van der Waals surface area contributed by atoms with Gasteiger partial charge in [0.15, 0.2) is 17.5 Å². The lowest BCUT2D eigenvalue weighted by Crippen LogP contribution is -2.39. The van der Waals surface area contributed by atoms with Crippen molar-refractivity contribution in [2.24, 2.45) is 5.92 Å². The highest BCUT2D eigenvalue weighted by Gasteiger charge is 2.30. The molecule has 0 unspecified atom stereocenters. The summed E-state index contributed by atoms with van der Waals surface area (Å²) < 4.78 is 16.8. The van der Waals surface area contributed by atoms with Gasteiger partial charge in [-0.05, 0) is 25.7 Å². The van der Waals surface area contributed by atoms with Crippen molar-refractivity contribution in [3.63, 3.8) is 0 Å². The first-order valence-electron chi connectivity index (χ1n) is 8.15. The van der Waals surface area contributed by atoms with Crippen molar-refractivity contribution >= 4 is 5.82 Å². The quantitative estimate of drug-likeness (QED) is 0.867. The van der Waals surface area contributed by atoms with E-state index in [1.807, 2.05) is 18.7 Å². The minimum atomic E-state index is -0.317. The van der Waals surface area contributed by atoms with Crippen LogP contribution in [0.3, 0.4) is 0 Å². The molecule has 1 aliphatic heterocycles. The fourth-order valence-electron chi connectivity index (χ4n) is 3.32. The predicted octanol–water partition coefficient (Wildman–Crippen LogP) is 2.69. The van der Waals surface area contributed by atoms with Crippen LogP contribution in [-0.2, 0) is 13.0 Å². The zero-order valence-corrected chi connectivity index (χ0v) is 14.1. The number of anilines is 1. The van der Waals surface area contributed by atoms with Gasteiger partial charge in [-0.3, -0.25) is 0 Å². The first-order chi connectivity index (χ1) is 11.0. The zero-order chi connectivity index (χ0) is 16.6. The van der Waals surface area contributed by atoms with Crippen LogP contribution in [0.4, 0.5) is 10.2 Å². The van der Waals surface area contributed by atoms with Crippen molar-refractivity contribution < 1.29 is 4.39 Å². The first kappa shape index (κ1) is 15.8. The third-order valence-corrected chi connectivity index (χ3v) is 4.29. The standard InChI is InChI=1S/C16H23FN6/c1-5-13-15(17)16(19-9-18-13)22-7-12(6-10(2)3)23-11(4)20-21-14(23)8-22/h9-10,12H,5-8H2,1-4H3/t12-/m0/s1. The molecule has 0 bridgehead atoms. The van der Waals surface area contributed by atoms with Gasteiger partial charge in [0.25, 0.3) is 0 Å². The second-order valence-electron chi connectivity index (χ2n) is 6.51. The van der Waals surface area contributed by atoms with Gasteiger partial charge < -0.3 is 9.47 Å². The summed E-state index contributed by atoms with van der Waals surface area (Å²) in [5, 5.41) is 8.47. The number of nitrogens with zero attached hydrogens (tertiary/aromatic N) is 6. The largest absolute Gasteiger partial charge is 0.344 e. The molecule has 0 aliphatic carbocycles. The molecular weight excluding hydrogens is 295 g/mol. The zero-order valence-electron chi connectivity index (χ0n) is 14.1. The minimum absolute atomic E-state index is 0.230. The van der Waals surface area contributed by atoms with Crippen LogP contribution in [0.2, 0.25) is 0 Å². The number of fused-ring (bicyclic) bond motifs is 1. The van der Waals surface area contributed by atoms with Crippen LogP contribution in [0.15, 0.2) is 6.33 Å². The van der Waals surface area contributed by atoms with Gasteiger partial charge in [-0.15, -0.1) is 10.2 Å². The van der Waals surface area contributed by atoms with Gasteiger partial charge in [-0.25, -0.2) is 14.4 Å². The third-order valence-electron chi connectivity index (χ3n) is 4.29. The fourth-order valence-corrected chi connectivity index (χ4v) is 3.32. The topological polar surface area (TPSA) is 59.7 Å².